The van der Waals surface area contributed by atoms with Gasteiger partial charge in [-0.25, -0.2) is 10.2 Å². The predicted molar refractivity (Wildman–Crippen MR) is 33.5 cm³/mol. The molecule has 0 atom stereocenters. The van der Waals surface area contributed by atoms with E-state index < -0.39 is 6.09 Å². The van der Waals surface area contributed by atoms with Gasteiger partial charge in [-0.05, 0) is 6.92 Å². The first-order valence-corrected chi connectivity index (χ1v) is 2.60. The second kappa shape index (κ2) is 4.96. The van der Waals surface area contributed by atoms with Crippen molar-refractivity contribution in [2.75, 3.05) is 6.61 Å². The smallest absolute Gasteiger partial charge is 0.425 e. The zero-order chi connectivity index (χ0) is 7.11. The van der Waals surface area contributed by atoms with Gasteiger partial charge in [-0.15, -0.1) is 0 Å². The van der Waals surface area contributed by atoms with Crippen LogP contribution in [0.25, 0.3) is 0 Å². The summed E-state index contributed by atoms with van der Waals surface area (Å²) in [5.41, 5.74) is 4.58. The van der Waals surface area contributed by atoms with Crippen LogP contribution >= 0.6 is 0 Å². The van der Waals surface area contributed by atoms with Crippen LogP contribution in [-0.4, -0.2) is 12.7 Å². The Morgan fingerprint density at radius 1 is 1.89 bits per heavy atom. The van der Waals surface area contributed by atoms with Crippen molar-refractivity contribution in [3.05, 3.63) is 12.8 Å². The number of ether oxygens (including phenoxy) is 1. The van der Waals surface area contributed by atoms with Gasteiger partial charge in [0, 0.05) is 6.20 Å². The zero-order valence-electron chi connectivity index (χ0n) is 5.31. The average Bonchev–Trinajstić information content (AvgIpc) is 1.85. The highest BCUT2D eigenvalue weighted by atomic mass is 16.5. The van der Waals surface area contributed by atoms with Crippen LogP contribution in [0, 0.1) is 0 Å². The molecule has 2 N–H and O–H groups in total. The number of rotatable bonds is 3. The quantitative estimate of drug-likeness (QED) is 0.543. The number of hydrazine groups is 1. The van der Waals surface area contributed by atoms with Crippen molar-refractivity contribution >= 4 is 6.09 Å². The van der Waals surface area contributed by atoms with Crippen LogP contribution in [0.3, 0.4) is 0 Å². The SMILES string of the molecule is C=CNNC(=O)OCC. The average molecular weight is 130 g/mol. The van der Waals surface area contributed by atoms with E-state index in [0.717, 1.165) is 0 Å². The van der Waals surface area contributed by atoms with Crippen molar-refractivity contribution in [3.63, 3.8) is 0 Å². The van der Waals surface area contributed by atoms with Gasteiger partial charge >= 0.3 is 6.09 Å². The summed E-state index contributed by atoms with van der Waals surface area (Å²) in [6.07, 6.45) is 0.842. The summed E-state index contributed by atoms with van der Waals surface area (Å²) in [7, 11) is 0. The molecule has 0 aliphatic rings. The highest BCUT2D eigenvalue weighted by Gasteiger charge is 1.93. The van der Waals surface area contributed by atoms with Crippen LogP contribution in [0.4, 0.5) is 4.79 Å². The summed E-state index contributed by atoms with van der Waals surface area (Å²) in [5.74, 6) is 0. The first-order valence-electron chi connectivity index (χ1n) is 2.60. The third kappa shape index (κ3) is 4.67. The third-order valence-electron chi connectivity index (χ3n) is 0.552. The van der Waals surface area contributed by atoms with Gasteiger partial charge in [-0.1, -0.05) is 6.58 Å². The summed E-state index contributed by atoms with van der Waals surface area (Å²) < 4.78 is 4.48. The van der Waals surface area contributed by atoms with E-state index in [2.05, 4.69) is 22.2 Å². The van der Waals surface area contributed by atoms with Gasteiger partial charge in [0.15, 0.2) is 0 Å². The zero-order valence-corrected chi connectivity index (χ0v) is 5.31. The van der Waals surface area contributed by atoms with Gasteiger partial charge < -0.3 is 10.2 Å². The topological polar surface area (TPSA) is 50.4 Å². The van der Waals surface area contributed by atoms with E-state index >= 15 is 0 Å². The van der Waals surface area contributed by atoms with Gasteiger partial charge in [-0.2, -0.15) is 0 Å². The molecule has 0 aromatic heterocycles. The van der Waals surface area contributed by atoms with Gasteiger partial charge in [0.25, 0.3) is 0 Å². The Morgan fingerprint density at radius 2 is 2.56 bits per heavy atom. The minimum absolute atomic E-state index is 0.366. The second-order valence-corrected chi connectivity index (χ2v) is 1.19. The van der Waals surface area contributed by atoms with Gasteiger partial charge in [0.1, 0.15) is 0 Å². The Bertz CT molecular complexity index is 103. The number of carbonyl (C=O) groups is 1. The maximum absolute atomic E-state index is 10.4. The normalized spacial score (nSPS) is 7.67. The van der Waals surface area contributed by atoms with Crippen LogP contribution in [0.15, 0.2) is 12.8 Å². The summed E-state index contributed by atoms with van der Waals surface area (Å²) in [6.45, 7) is 5.41. The maximum atomic E-state index is 10.4. The van der Waals surface area contributed by atoms with Crippen LogP contribution in [0.1, 0.15) is 6.92 Å². The fourth-order valence-electron chi connectivity index (χ4n) is 0.277. The molecule has 0 aromatic carbocycles. The molecule has 0 radical (unpaired) electrons. The molecule has 0 saturated heterocycles. The first-order chi connectivity index (χ1) is 4.31. The Hall–Kier alpha value is -1.19. The number of carbonyl (C=O) groups excluding carboxylic acids is 1. The fraction of sp³-hybridized carbons (Fsp3) is 0.400. The van der Waals surface area contributed by atoms with Crippen molar-refractivity contribution in [2.45, 2.75) is 6.92 Å². The second-order valence-electron chi connectivity index (χ2n) is 1.19. The molecule has 52 valence electrons. The van der Waals surface area contributed by atoms with Crippen molar-refractivity contribution in [2.24, 2.45) is 0 Å². The summed E-state index contributed by atoms with van der Waals surface area (Å²) >= 11 is 0. The monoisotopic (exact) mass is 130 g/mol. The number of nitrogens with one attached hydrogen (secondary N) is 2. The molecule has 0 aromatic rings. The van der Waals surface area contributed by atoms with E-state index in [0.29, 0.717) is 6.61 Å². The third-order valence-corrected chi connectivity index (χ3v) is 0.552. The number of hydrogen-bond acceptors (Lipinski definition) is 3. The number of hydrogen-bond donors (Lipinski definition) is 2. The van der Waals surface area contributed by atoms with E-state index in [-0.39, 0.29) is 0 Å². The predicted octanol–water partition coefficient (Wildman–Crippen LogP) is 0.381. The minimum atomic E-state index is -0.502. The molecule has 0 fully saturated rings. The molecule has 0 rings (SSSR count). The van der Waals surface area contributed by atoms with E-state index in [1.54, 1.807) is 6.92 Å². The standard InChI is InChI=1S/C5H10N2O2/c1-3-6-7-5(8)9-4-2/h3,6H,1,4H2,2H3,(H,7,8). The summed E-state index contributed by atoms with van der Waals surface area (Å²) in [4.78, 5) is 10.4. The molecule has 0 bridgehead atoms. The Kier molecular flexibility index (Phi) is 4.30. The molecule has 9 heavy (non-hydrogen) atoms. The largest absolute Gasteiger partial charge is 0.449 e. The van der Waals surface area contributed by atoms with Crippen LogP contribution in [0.5, 0.6) is 0 Å². The van der Waals surface area contributed by atoms with Gasteiger partial charge in [0.2, 0.25) is 0 Å². The van der Waals surface area contributed by atoms with Crippen molar-refractivity contribution in [1.82, 2.24) is 10.9 Å². The molecule has 0 spiro atoms. The maximum Gasteiger partial charge on any atom is 0.425 e. The summed E-state index contributed by atoms with van der Waals surface area (Å²) in [6, 6.07) is 0. The van der Waals surface area contributed by atoms with Crippen molar-refractivity contribution < 1.29 is 9.53 Å². The molecule has 0 aliphatic heterocycles. The van der Waals surface area contributed by atoms with Crippen LogP contribution in [0.2, 0.25) is 0 Å². The highest BCUT2D eigenvalue weighted by molar-refractivity contribution is 5.66. The highest BCUT2D eigenvalue weighted by Crippen LogP contribution is 1.71. The lowest BCUT2D eigenvalue weighted by atomic mass is 10.9. The van der Waals surface area contributed by atoms with Crippen molar-refractivity contribution in [1.29, 1.82) is 0 Å². The first kappa shape index (κ1) is 7.81. The van der Waals surface area contributed by atoms with Crippen LogP contribution < -0.4 is 10.9 Å². The lowest BCUT2D eigenvalue weighted by molar-refractivity contribution is 0.149. The van der Waals surface area contributed by atoms with E-state index in [9.17, 15) is 4.79 Å². The lowest BCUT2D eigenvalue weighted by Crippen LogP contribution is -2.33. The van der Waals surface area contributed by atoms with Gasteiger partial charge in [-0.3, -0.25) is 0 Å². The number of amides is 1. The molecular weight excluding hydrogens is 120 g/mol. The molecular formula is C5H10N2O2. The Balaban J connectivity index is 3.16. The Morgan fingerprint density at radius 3 is 3.00 bits per heavy atom. The molecule has 0 heterocycles. The summed E-state index contributed by atoms with van der Waals surface area (Å²) in [5, 5.41) is 0. The molecule has 4 heteroatoms. The van der Waals surface area contributed by atoms with Crippen LogP contribution in [-0.2, 0) is 4.74 Å². The molecule has 0 unspecified atom stereocenters. The van der Waals surface area contributed by atoms with E-state index in [1.165, 1.54) is 6.20 Å². The Labute approximate surface area is 53.9 Å². The molecule has 0 saturated carbocycles. The minimum Gasteiger partial charge on any atom is -0.449 e. The molecule has 4 nitrogen and oxygen atoms in total. The van der Waals surface area contributed by atoms with E-state index in [4.69, 9.17) is 0 Å². The van der Waals surface area contributed by atoms with E-state index in [1.807, 2.05) is 0 Å². The molecule has 0 aliphatic carbocycles. The molecule has 1 amide bonds. The van der Waals surface area contributed by atoms with Crippen molar-refractivity contribution in [3.8, 4) is 0 Å². The van der Waals surface area contributed by atoms with Gasteiger partial charge in [0.05, 0.1) is 6.61 Å². The fourth-order valence-corrected chi connectivity index (χ4v) is 0.277. The lowest BCUT2D eigenvalue weighted by Gasteiger charge is -2.01.